The van der Waals surface area contributed by atoms with Crippen LogP contribution in [0, 0.1) is 5.82 Å². The first kappa shape index (κ1) is 15.8. The summed E-state index contributed by atoms with van der Waals surface area (Å²) in [5, 5.41) is 11.8. The first-order chi connectivity index (χ1) is 11.1. The van der Waals surface area contributed by atoms with Crippen LogP contribution in [0.5, 0.6) is 5.75 Å². The van der Waals surface area contributed by atoms with E-state index in [0.717, 1.165) is 6.42 Å². The molecule has 0 spiro atoms. The highest BCUT2D eigenvalue weighted by Crippen LogP contribution is 2.39. The molecule has 0 fully saturated rings. The molecule has 3 aromatic rings. The Bertz CT molecular complexity index is 836. The first-order valence-electron chi connectivity index (χ1n) is 7.35. The van der Waals surface area contributed by atoms with Crippen LogP contribution in [0.4, 0.5) is 4.39 Å². The number of hydrogen-bond donors (Lipinski definition) is 1. The number of hydrogen-bond acceptors (Lipinski definition) is 5. The lowest BCUT2D eigenvalue weighted by atomic mass is 9.91. The Labute approximate surface area is 137 Å². The van der Waals surface area contributed by atoms with E-state index in [-0.39, 0.29) is 5.82 Å². The molecule has 120 valence electrons. The number of thiazole rings is 1. The average Bonchev–Trinajstić information content (AvgIpc) is 2.98. The zero-order chi connectivity index (χ0) is 16.4. The second kappa shape index (κ2) is 6.22. The van der Waals surface area contributed by atoms with Gasteiger partial charge in [-0.3, -0.25) is 4.98 Å². The molecule has 3 rings (SSSR count). The lowest BCUT2D eigenvalue weighted by Gasteiger charge is -2.26. The summed E-state index contributed by atoms with van der Waals surface area (Å²) in [5.74, 6) is 0.263. The number of ether oxygens (including phenoxy) is 1. The van der Waals surface area contributed by atoms with E-state index < -0.39 is 5.60 Å². The second-order valence-electron chi connectivity index (χ2n) is 5.35. The lowest BCUT2D eigenvalue weighted by Crippen LogP contribution is -2.27. The molecule has 1 unspecified atom stereocenters. The Morgan fingerprint density at radius 2 is 2.13 bits per heavy atom. The zero-order valence-corrected chi connectivity index (χ0v) is 13.7. The van der Waals surface area contributed by atoms with Gasteiger partial charge in [-0.15, -0.1) is 11.3 Å². The minimum atomic E-state index is -1.27. The fraction of sp³-hybridized carbons (Fsp3) is 0.294. The molecular weight excluding hydrogens is 315 g/mol. The summed E-state index contributed by atoms with van der Waals surface area (Å²) in [6.45, 7) is 1.99. The largest absolute Gasteiger partial charge is 0.495 e. The van der Waals surface area contributed by atoms with Gasteiger partial charge >= 0.3 is 0 Å². The number of methoxy groups -OCH3 is 1. The molecule has 23 heavy (non-hydrogen) atoms. The van der Waals surface area contributed by atoms with Crippen molar-refractivity contribution in [1.82, 2.24) is 9.97 Å². The highest BCUT2D eigenvalue weighted by atomic mass is 32.1. The normalized spacial score (nSPS) is 13.9. The SMILES string of the molecule is CCCC(O)(c1cncc(OC)c1)c1nc2ccc(F)cc2s1. The number of aromatic nitrogens is 2. The highest BCUT2D eigenvalue weighted by Gasteiger charge is 2.35. The van der Waals surface area contributed by atoms with E-state index in [9.17, 15) is 9.50 Å². The molecule has 2 heterocycles. The van der Waals surface area contributed by atoms with Crippen LogP contribution >= 0.6 is 11.3 Å². The number of aliphatic hydroxyl groups is 1. The van der Waals surface area contributed by atoms with Crippen LogP contribution < -0.4 is 4.74 Å². The predicted octanol–water partition coefficient (Wildman–Crippen LogP) is 3.88. The van der Waals surface area contributed by atoms with E-state index in [4.69, 9.17) is 4.74 Å². The smallest absolute Gasteiger partial charge is 0.143 e. The maximum atomic E-state index is 13.4. The molecule has 0 saturated heterocycles. The summed E-state index contributed by atoms with van der Waals surface area (Å²) in [6, 6.07) is 6.20. The third kappa shape index (κ3) is 2.92. The van der Waals surface area contributed by atoms with Gasteiger partial charge < -0.3 is 9.84 Å². The van der Waals surface area contributed by atoms with Crippen molar-refractivity contribution in [1.29, 1.82) is 0 Å². The molecule has 0 aliphatic rings. The number of benzene rings is 1. The van der Waals surface area contributed by atoms with Crippen LogP contribution in [0.2, 0.25) is 0 Å². The number of rotatable bonds is 5. The molecule has 0 aliphatic heterocycles. The summed E-state index contributed by atoms with van der Waals surface area (Å²) < 4.78 is 19.3. The van der Waals surface area contributed by atoms with E-state index in [2.05, 4.69) is 9.97 Å². The van der Waals surface area contributed by atoms with Crippen molar-refractivity contribution in [2.75, 3.05) is 7.11 Å². The second-order valence-corrected chi connectivity index (χ2v) is 6.39. The highest BCUT2D eigenvalue weighted by molar-refractivity contribution is 7.18. The van der Waals surface area contributed by atoms with E-state index >= 15 is 0 Å². The van der Waals surface area contributed by atoms with Crippen LogP contribution in [0.25, 0.3) is 10.2 Å². The maximum Gasteiger partial charge on any atom is 0.143 e. The molecular formula is C17H17FN2O2S. The quantitative estimate of drug-likeness (QED) is 0.770. The standard InChI is InChI=1S/C17H17FN2O2S/c1-3-6-17(21,11-7-13(22-2)10-19-9-11)16-20-14-5-4-12(18)8-15(14)23-16/h4-5,7-10,21H,3,6H2,1-2H3. The first-order valence-corrected chi connectivity index (χ1v) is 8.17. The monoisotopic (exact) mass is 332 g/mol. The summed E-state index contributed by atoms with van der Waals surface area (Å²) in [7, 11) is 1.56. The van der Waals surface area contributed by atoms with Gasteiger partial charge in [0.15, 0.2) is 0 Å². The minimum absolute atomic E-state index is 0.310. The Balaban J connectivity index is 2.14. The Kier molecular flexibility index (Phi) is 4.28. The molecule has 2 aromatic heterocycles. The topological polar surface area (TPSA) is 55.2 Å². The van der Waals surface area contributed by atoms with Crippen molar-refractivity contribution < 1.29 is 14.2 Å². The molecule has 4 nitrogen and oxygen atoms in total. The average molecular weight is 332 g/mol. The molecule has 0 radical (unpaired) electrons. The molecule has 0 bridgehead atoms. The van der Waals surface area contributed by atoms with Gasteiger partial charge in [-0.1, -0.05) is 13.3 Å². The van der Waals surface area contributed by atoms with Crippen LogP contribution in [-0.2, 0) is 5.60 Å². The van der Waals surface area contributed by atoms with E-state index in [1.807, 2.05) is 6.92 Å². The van der Waals surface area contributed by atoms with Gasteiger partial charge in [0.1, 0.15) is 22.2 Å². The minimum Gasteiger partial charge on any atom is -0.495 e. The molecule has 1 atom stereocenters. The number of pyridine rings is 1. The van der Waals surface area contributed by atoms with Crippen LogP contribution in [0.3, 0.4) is 0 Å². The van der Waals surface area contributed by atoms with Gasteiger partial charge in [0.05, 0.1) is 23.5 Å². The number of halogens is 1. The molecule has 0 amide bonds. The third-order valence-electron chi connectivity index (χ3n) is 3.74. The van der Waals surface area contributed by atoms with Gasteiger partial charge in [-0.25, -0.2) is 9.37 Å². The predicted molar refractivity (Wildman–Crippen MR) is 88.3 cm³/mol. The van der Waals surface area contributed by atoms with Gasteiger partial charge in [-0.05, 0) is 30.7 Å². The van der Waals surface area contributed by atoms with Gasteiger partial charge in [-0.2, -0.15) is 0 Å². The maximum absolute atomic E-state index is 13.4. The van der Waals surface area contributed by atoms with E-state index in [1.165, 1.54) is 23.5 Å². The molecule has 0 saturated carbocycles. The fourth-order valence-electron chi connectivity index (χ4n) is 2.57. The van der Waals surface area contributed by atoms with E-state index in [0.29, 0.717) is 33.0 Å². The van der Waals surface area contributed by atoms with E-state index in [1.54, 1.807) is 31.6 Å². The summed E-state index contributed by atoms with van der Waals surface area (Å²) in [6.07, 6.45) is 4.45. The number of fused-ring (bicyclic) bond motifs is 1. The van der Waals surface area contributed by atoms with Crippen LogP contribution in [-0.4, -0.2) is 22.2 Å². The van der Waals surface area contributed by atoms with Crippen LogP contribution in [0.1, 0.15) is 30.3 Å². The zero-order valence-electron chi connectivity index (χ0n) is 12.9. The lowest BCUT2D eigenvalue weighted by molar-refractivity contribution is 0.0695. The van der Waals surface area contributed by atoms with Gasteiger partial charge in [0.25, 0.3) is 0 Å². The van der Waals surface area contributed by atoms with Crippen molar-refractivity contribution in [3.63, 3.8) is 0 Å². The molecule has 6 heteroatoms. The van der Waals surface area contributed by atoms with Crippen molar-refractivity contribution >= 4 is 21.6 Å². The van der Waals surface area contributed by atoms with Crippen molar-refractivity contribution in [2.45, 2.75) is 25.4 Å². The van der Waals surface area contributed by atoms with Crippen molar-refractivity contribution in [2.24, 2.45) is 0 Å². The fourth-order valence-corrected chi connectivity index (χ4v) is 3.70. The Morgan fingerprint density at radius 3 is 2.87 bits per heavy atom. The summed E-state index contributed by atoms with van der Waals surface area (Å²) in [5.41, 5.74) is 0.0335. The van der Waals surface area contributed by atoms with Gasteiger partial charge in [0, 0.05) is 11.8 Å². The van der Waals surface area contributed by atoms with Crippen LogP contribution in [0.15, 0.2) is 36.7 Å². The molecule has 0 aliphatic carbocycles. The van der Waals surface area contributed by atoms with Crippen molar-refractivity contribution in [3.8, 4) is 5.75 Å². The Hall–Kier alpha value is -2.05. The third-order valence-corrected chi connectivity index (χ3v) is 4.91. The molecule has 1 aromatic carbocycles. The van der Waals surface area contributed by atoms with Crippen molar-refractivity contribution in [3.05, 3.63) is 53.0 Å². The summed E-state index contributed by atoms with van der Waals surface area (Å²) in [4.78, 5) is 8.64. The van der Waals surface area contributed by atoms with Gasteiger partial charge in [0.2, 0.25) is 0 Å². The number of nitrogens with zero attached hydrogens (tertiary/aromatic N) is 2. The molecule has 1 N–H and O–H groups in total. The summed E-state index contributed by atoms with van der Waals surface area (Å²) >= 11 is 1.30. The Morgan fingerprint density at radius 1 is 1.30 bits per heavy atom.